The maximum absolute atomic E-state index is 12.1. The zero-order valence-electron chi connectivity index (χ0n) is 11.9. The third-order valence-electron chi connectivity index (χ3n) is 3.93. The molecule has 1 amide bonds. The summed E-state index contributed by atoms with van der Waals surface area (Å²) in [5.74, 6) is 0.119. The maximum atomic E-state index is 12.1. The lowest BCUT2D eigenvalue weighted by Crippen LogP contribution is -2.36. The predicted molar refractivity (Wildman–Crippen MR) is 81.8 cm³/mol. The monoisotopic (exact) mass is 306 g/mol. The number of para-hydroxylation sites is 1. The van der Waals surface area contributed by atoms with E-state index in [1.165, 1.54) is 0 Å². The highest BCUT2D eigenvalue weighted by molar-refractivity contribution is 7.91. The molecule has 0 saturated carbocycles. The van der Waals surface area contributed by atoms with Gasteiger partial charge in [0.15, 0.2) is 9.84 Å². The van der Waals surface area contributed by atoms with Crippen LogP contribution < -0.4 is 5.32 Å². The van der Waals surface area contributed by atoms with Crippen LogP contribution in [0.2, 0.25) is 0 Å². The van der Waals surface area contributed by atoms with E-state index in [4.69, 9.17) is 0 Å². The van der Waals surface area contributed by atoms with Gasteiger partial charge in [0.2, 0.25) is 5.91 Å². The summed E-state index contributed by atoms with van der Waals surface area (Å²) in [4.78, 5) is 12.1. The van der Waals surface area contributed by atoms with Gasteiger partial charge in [-0.15, -0.1) is 0 Å². The van der Waals surface area contributed by atoms with E-state index in [1.807, 2.05) is 42.1 Å². The van der Waals surface area contributed by atoms with Crippen molar-refractivity contribution < 1.29 is 13.2 Å². The Bertz CT molecular complexity index is 792. The van der Waals surface area contributed by atoms with Gasteiger partial charge < -0.3 is 9.88 Å². The van der Waals surface area contributed by atoms with Gasteiger partial charge in [-0.05, 0) is 18.1 Å². The number of fused-ring (bicyclic) bond motifs is 1. The van der Waals surface area contributed by atoms with Crippen molar-refractivity contribution in [3.8, 4) is 0 Å². The number of benzene rings is 1. The number of aryl methyl sites for hydroxylation is 1. The zero-order valence-corrected chi connectivity index (χ0v) is 12.7. The summed E-state index contributed by atoms with van der Waals surface area (Å²) in [5, 5.41) is 3.89. The molecule has 0 spiro atoms. The molecule has 2 heterocycles. The lowest BCUT2D eigenvalue weighted by atomic mass is 10.1. The molecule has 0 radical (unpaired) electrons. The van der Waals surface area contributed by atoms with E-state index in [0.29, 0.717) is 6.42 Å². The SMILES string of the molecule is Cn1cc(CC(=O)N[C@H]2CCS(=O)(=O)C2)c2ccccc21. The number of nitrogens with one attached hydrogen (secondary N) is 1. The molecule has 2 aromatic rings. The van der Waals surface area contributed by atoms with Crippen molar-refractivity contribution in [2.24, 2.45) is 7.05 Å². The van der Waals surface area contributed by atoms with E-state index in [1.54, 1.807) is 0 Å². The average Bonchev–Trinajstić information content (AvgIpc) is 2.91. The highest BCUT2D eigenvalue weighted by atomic mass is 32.2. The molecule has 112 valence electrons. The molecule has 0 unspecified atom stereocenters. The second-order valence-electron chi connectivity index (χ2n) is 5.63. The molecular formula is C15H18N2O3S. The number of hydrogen-bond acceptors (Lipinski definition) is 3. The Morgan fingerprint density at radius 3 is 2.86 bits per heavy atom. The van der Waals surface area contributed by atoms with Crippen molar-refractivity contribution in [3.63, 3.8) is 0 Å². The number of amides is 1. The molecule has 1 aliphatic rings. The molecule has 0 aliphatic carbocycles. The molecule has 21 heavy (non-hydrogen) atoms. The van der Waals surface area contributed by atoms with Crippen LogP contribution in [0.1, 0.15) is 12.0 Å². The van der Waals surface area contributed by atoms with Crippen molar-refractivity contribution in [2.75, 3.05) is 11.5 Å². The van der Waals surface area contributed by atoms with Crippen LogP contribution in [0, 0.1) is 0 Å². The highest BCUT2D eigenvalue weighted by Gasteiger charge is 2.28. The first-order valence-electron chi connectivity index (χ1n) is 6.97. The summed E-state index contributed by atoms with van der Waals surface area (Å²) in [5.41, 5.74) is 2.05. The number of aromatic nitrogens is 1. The normalized spacial score (nSPS) is 20.7. The van der Waals surface area contributed by atoms with Crippen LogP contribution in [0.25, 0.3) is 10.9 Å². The Labute approximate surface area is 123 Å². The third kappa shape index (κ3) is 2.95. The van der Waals surface area contributed by atoms with E-state index in [2.05, 4.69) is 5.32 Å². The quantitative estimate of drug-likeness (QED) is 0.921. The summed E-state index contributed by atoms with van der Waals surface area (Å²) in [6, 6.07) is 7.69. The summed E-state index contributed by atoms with van der Waals surface area (Å²) in [6.07, 6.45) is 2.75. The van der Waals surface area contributed by atoms with Crippen molar-refractivity contribution in [1.82, 2.24) is 9.88 Å². The standard InChI is InChI=1S/C15H18N2O3S/c1-17-9-11(13-4-2-3-5-14(13)17)8-15(18)16-12-6-7-21(19,20)10-12/h2-5,9,12H,6-8,10H2,1H3,(H,16,18)/t12-/m0/s1. The van der Waals surface area contributed by atoms with Gasteiger partial charge in [0.05, 0.1) is 17.9 Å². The van der Waals surface area contributed by atoms with Gasteiger partial charge in [-0.3, -0.25) is 4.79 Å². The average molecular weight is 306 g/mol. The molecule has 1 saturated heterocycles. The van der Waals surface area contributed by atoms with Gasteiger partial charge in [-0.2, -0.15) is 0 Å². The van der Waals surface area contributed by atoms with Gasteiger partial charge in [0.1, 0.15) is 0 Å². The minimum absolute atomic E-state index is 0.0638. The van der Waals surface area contributed by atoms with E-state index < -0.39 is 9.84 Å². The highest BCUT2D eigenvalue weighted by Crippen LogP contribution is 2.21. The fourth-order valence-corrected chi connectivity index (χ4v) is 4.60. The number of nitrogens with zero attached hydrogens (tertiary/aromatic N) is 1. The first-order valence-corrected chi connectivity index (χ1v) is 8.79. The predicted octanol–water partition coefficient (Wildman–Crippen LogP) is 1.02. The van der Waals surface area contributed by atoms with Crippen molar-refractivity contribution in [1.29, 1.82) is 0 Å². The topological polar surface area (TPSA) is 68.2 Å². The van der Waals surface area contributed by atoms with E-state index >= 15 is 0 Å². The summed E-state index contributed by atoms with van der Waals surface area (Å²) in [7, 11) is -1.01. The number of sulfone groups is 1. The number of rotatable bonds is 3. The Balaban J connectivity index is 1.72. The Hall–Kier alpha value is -1.82. The Morgan fingerprint density at radius 1 is 1.38 bits per heavy atom. The van der Waals surface area contributed by atoms with Crippen LogP contribution in [0.15, 0.2) is 30.5 Å². The van der Waals surface area contributed by atoms with Crippen LogP contribution in [-0.2, 0) is 28.1 Å². The molecule has 1 atom stereocenters. The molecule has 1 aliphatic heterocycles. The fraction of sp³-hybridized carbons (Fsp3) is 0.400. The smallest absolute Gasteiger partial charge is 0.224 e. The molecule has 1 aromatic heterocycles. The molecule has 3 rings (SSSR count). The molecule has 0 bridgehead atoms. The largest absolute Gasteiger partial charge is 0.352 e. The van der Waals surface area contributed by atoms with Crippen LogP contribution in [0.3, 0.4) is 0 Å². The molecule has 1 N–H and O–H groups in total. The lowest BCUT2D eigenvalue weighted by molar-refractivity contribution is -0.120. The first-order chi connectivity index (χ1) is 9.94. The van der Waals surface area contributed by atoms with Gasteiger partial charge in [-0.1, -0.05) is 18.2 Å². The van der Waals surface area contributed by atoms with Crippen molar-refractivity contribution >= 4 is 26.6 Å². The molecule has 6 heteroatoms. The molecule has 5 nitrogen and oxygen atoms in total. The second kappa shape index (κ2) is 5.18. The minimum Gasteiger partial charge on any atom is -0.352 e. The third-order valence-corrected chi connectivity index (χ3v) is 5.70. The number of hydrogen-bond donors (Lipinski definition) is 1. The summed E-state index contributed by atoms with van der Waals surface area (Å²) >= 11 is 0. The molecular weight excluding hydrogens is 288 g/mol. The maximum Gasteiger partial charge on any atom is 0.224 e. The molecule has 1 aromatic carbocycles. The van der Waals surface area contributed by atoms with Crippen LogP contribution in [0.4, 0.5) is 0 Å². The second-order valence-corrected chi connectivity index (χ2v) is 7.86. The van der Waals surface area contributed by atoms with Crippen LogP contribution >= 0.6 is 0 Å². The lowest BCUT2D eigenvalue weighted by Gasteiger charge is -2.10. The van der Waals surface area contributed by atoms with E-state index in [0.717, 1.165) is 16.5 Å². The van der Waals surface area contributed by atoms with Gasteiger partial charge in [-0.25, -0.2) is 8.42 Å². The van der Waals surface area contributed by atoms with Crippen molar-refractivity contribution in [3.05, 3.63) is 36.0 Å². The zero-order chi connectivity index (χ0) is 15.0. The van der Waals surface area contributed by atoms with Crippen LogP contribution in [0.5, 0.6) is 0 Å². The minimum atomic E-state index is -2.96. The van der Waals surface area contributed by atoms with Gasteiger partial charge >= 0.3 is 0 Å². The Kier molecular flexibility index (Phi) is 3.49. The molecule has 1 fully saturated rings. The summed E-state index contributed by atoms with van der Waals surface area (Å²) < 4.78 is 24.8. The van der Waals surface area contributed by atoms with Gasteiger partial charge in [0, 0.05) is 30.2 Å². The number of carbonyl (C=O) groups excluding carboxylic acids is 1. The van der Waals surface area contributed by atoms with E-state index in [9.17, 15) is 13.2 Å². The van der Waals surface area contributed by atoms with E-state index in [-0.39, 0.29) is 29.9 Å². The fourth-order valence-electron chi connectivity index (χ4n) is 2.93. The van der Waals surface area contributed by atoms with Crippen LogP contribution in [-0.4, -0.2) is 36.4 Å². The Morgan fingerprint density at radius 2 is 2.14 bits per heavy atom. The summed E-state index contributed by atoms with van der Waals surface area (Å²) in [6.45, 7) is 0. The number of carbonyl (C=O) groups is 1. The first kappa shape index (κ1) is 14.1. The van der Waals surface area contributed by atoms with Gasteiger partial charge in [0.25, 0.3) is 0 Å². The van der Waals surface area contributed by atoms with Crippen molar-refractivity contribution in [2.45, 2.75) is 18.9 Å².